The van der Waals surface area contributed by atoms with Gasteiger partial charge in [0.2, 0.25) is 0 Å². The molecule has 0 bridgehead atoms. The maximum Gasteiger partial charge on any atom is 0.373 e. The maximum atomic E-state index is 12.3. The molecule has 0 radical (unpaired) electrons. The number of rotatable bonds is 4. The van der Waals surface area contributed by atoms with E-state index in [9.17, 15) is 4.79 Å². The molecule has 0 aliphatic heterocycles. The highest BCUT2D eigenvalue weighted by atomic mass is 17.2. The first kappa shape index (κ1) is 17.0. The Morgan fingerprint density at radius 2 is 1.95 bits per heavy atom. The van der Waals surface area contributed by atoms with E-state index in [-0.39, 0.29) is 12.1 Å². The van der Waals surface area contributed by atoms with Crippen LogP contribution in [0.15, 0.2) is 18.2 Å². The molecule has 1 fully saturated rings. The number of benzene rings is 1. The number of hydrogen-bond acceptors (Lipinski definition) is 3. The van der Waals surface area contributed by atoms with Gasteiger partial charge in [-0.15, -0.1) is 0 Å². The lowest BCUT2D eigenvalue weighted by molar-refractivity contribution is -0.296. The Morgan fingerprint density at radius 3 is 2.64 bits per heavy atom. The van der Waals surface area contributed by atoms with Gasteiger partial charge >= 0.3 is 5.97 Å². The molecule has 1 aromatic rings. The van der Waals surface area contributed by atoms with Gasteiger partial charge in [0.1, 0.15) is 6.10 Å². The second kappa shape index (κ2) is 7.28. The summed E-state index contributed by atoms with van der Waals surface area (Å²) in [5, 5.41) is 0. The van der Waals surface area contributed by atoms with Gasteiger partial charge in [0, 0.05) is 0 Å². The van der Waals surface area contributed by atoms with Gasteiger partial charge in [-0.1, -0.05) is 39.3 Å². The van der Waals surface area contributed by atoms with Crippen LogP contribution < -0.4 is 0 Å². The summed E-state index contributed by atoms with van der Waals surface area (Å²) in [7, 11) is 0. The molecule has 3 heteroatoms. The first-order chi connectivity index (χ1) is 10.4. The van der Waals surface area contributed by atoms with Crippen molar-refractivity contribution in [3.63, 3.8) is 0 Å². The molecule has 122 valence electrons. The van der Waals surface area contributed by atoms with Crippen LogP contribution in [-0.4, -0.2) is 12.1 Å². The predicted octanol–water partition coefficient (Wildman–Crippen LogP) is 4.85. The third kappa shape index (κ3) is 3.89. The quantitative estimate of drug-likeness (QED) is 0.589. The molecule has 0 heterocycles. The predicted molar refractivity (Wildman–Crippen MR) is 87.5 cm³/mol. The minimum absolute atomic E-state index is 0.0119. The van der Waals surface area contributed by atoms with Crippen molar-refractivity contribution in [2.45, 2.75) is 60.0 Å². The Labute approximate surface area is 133 Å². The molecule has 0 aromatic heterocycles. The van der Waals surface area contributed by atoms with Gasteiger partial charge in [-0.2, -0.15) is 4.89 Å². The topological polar surface area (TPSA) is 35.5 Å². The van der Waals surface area contributed by atoms with Crippen LogP contribution in [-0.2, 0) is 9.78 Å². The molecule has 3 atom stereocenters. The van der Waals surface area contributed by atoms with E-state index >= 15 is 0 Å². The van der Waals surface area contributed by atoms with Crippen LogP contribution in [0.4, 0.5) is 0 Å². The molecule has 3 unspecified atom stereocenters. The lowest BCUT2D eigenvalue weighted by Gasteiger charge is -2.35. The van der Waals surface area contributed by atoms with Crippen LogP contribution >= 0.6 is 0 Å². The fourth-order valence-electron chi connectivity index (χ4n) is 3.35. The van der Waals surface area contributed by atoms with Crippen LogP contribution in [0.3, 0.4) is 0 Å². The molecule has 3 nitrogen and oxygen atoms in total. The molecule has 0 saturated heterocycles. The number of aryl methyl sites for hydroxylation is 1. The van der Waals surface area contributed by atoms with Crippen LogP contribution in [0.2, 0.25) is 0 Å². The standard InChI is InChI=1S/C19H28O3/c1-12(2)16-10-9-13(3)11-18(16)21-22-19(20)17-8-6-7-14(4)15(17)5/h6-8,12-13,16,18H,9-11H2,1-5H3. The van der Waals surface area contributed by atoms with E-state index in [1.807, 2.05) is 26.0 Å². The van der Waals surface area contributed by atoms with Crippen molar-refractivity contribution in [3.05, 3.63) is 34.9 Å². The Hall–Kier alpha value is -1.35. The molecular formula is C19H28O3. The van der Waals surface area contributed by atoms with Crippen molar-refractivity contribution in [1.82, 2.24) is 0 Å². The van der Waals surface area contributed by atoms with Gasteiger partial charge in [-0.25, -0.2) is 4.79 Å². The average molecular weight is 304 g/mol. The van der Waals surface area contributed by atoms with Crippen LogP contribution in [0.25, 0.3) is 0 Å². The molecule has 1 aliphatic carbocycles. The van der Waals surface area contributed by atoms with Gasteiger partial charge in [0.25, 0.3) is 0 Å². The van der Waals surface area contributed by atoms with E-state index in [2.05, 4.69) is 20.8 Å². The van der Waals surface area contributed by atoms with Crippen molar-refractivity contribution in [2.24, 2.45) is 17.8 Å². The molecule has 2 rings (SSSR count). The number of carbonyl (C=O) groups is 1. The normalized spacial score (nSPS) is 25.3. The van der Waals surface area contributed by atoms with Crippen molar-refractivity contribution in [1.29, 1.82) is 0 Å². The lowest BCUT2D eigenvalue weighted by Crippen LogP contribution is -2.35. The van der Waals surface area contributed by atoms with Gasteiger partial charge in [0.05, 0.1) is 5.56 Å². The molecule has 1 aromatic carbocycles. The monoisotopic (exact) mass is 304 g/mol. The largest absolute Gasteiger partial charge is 0.373 e. The summed E-state index contributed by atoms with van der Waals surface area (Å²) in [6.45, 7) is 10.6. The molecule has 0 amide bonds. The van der Waals surface area contributed by atoms with Gasteiger partial charge in [0.15, 0.2) is 0 Å². The molecule has 1 saturated carbocycles. The third-order valence-corrected chi connectivity index (χ3v) is 5.03. The fourth-order valence-corrected chi connectivity index (χ4v) is 3.35. The average Bonchev–Trinajstić information content (AvgIpc) is 2.47. The van der Waals surface area contributed by atoms with Gasteiger partial charge in [-0.05, 0) is 61.6 Å². The summed E-state index contributed by atoms with van der Waals surface area (Å²) in [5.74, 6) is 1.24. The summed E-state index contributed by atoms with van der Waals surface area (Å²) in [4.78, 5) is 23.1. The lowest BCUT2D eigenvalue weighted by atomic mass is 9.75. The van der Waals surface area contributed by atoms with E-state index in [4.69, 9.17) is 9.78 Å². The van der Waals surface area contributed by atoms with Crippen molar-refractivity contribution < 1.29 is 14.6 Å². The summed E-state index contributed by atoms with van der Waals surface area (Å²) in [6, 6.07) is 5.65. The van der Waals surface area contributed by atoms with E-state index in [1.165, 1.54) is 6.42 Å². The minimum atomic E-state index is -0.387. The van der Waals surface area contributed by atoms with Gasteiger partial charge in [-0.3, -0.25) is 4.89 Å². The fraction of sp³-hybridized carbons (Fsp3) is 0.632. The summed E-state index contributed by atoms with van der Waals surface area (Å²) < 4.78 is 0. The third-order valence-electron chi connectivity index (χ3n) is 5.03. The first-order valence-electron chi connectivity index (χ1n) is 8.34. The second-order valence-corrected chi connectivity index (χ2v) is 7.08. The van der Waals surface area contributed by atoms with E-state index in [0.29, 0.717) is 23.3 Å². The SMILES string of the molecule is Cc1cccc(C(=O)OOC2CC(C)CCC2C(C)C)c1C. The molecular weight excluding hydrogens is 276 g/mol. The number of carbonyl (C=O) groups excluding carboxylic acids is 1. The Morgan fingerprint density at radius 1 is 1.23 bits per heavy atom. The van der Waals surface area contributed by atoms with Crippen LogP contribution in [0, 0.1) is 31.6 Å². The zero-order valence-electron chi connectivity index (χ0n) is 14.4. The molecule has 0 spiro atoms. The van der Waals surface area contributed by atoms with E-state index in [0.717, 1.165) is 24.0 Å². The summed E-state index contributed by atoms with van der Waals surface area (Å²) in [6.07, 6.45) is 3.35. The zero-order valence-corrected chi connectivity index (χ0v) is 14.4. The van der Waals surface area contributed by atoms with E-state index < -0.39 is 0 Å². The van der Waals surface area contributed by atoms with Crippen LogP contribution in [0.1, 0.15) is 61.5 Å². The second-order valence-electron chi connectivity index (χ2n) is 7.08. The highest BCUT2D eigenvalue weighted by Gasteiger charge is 2.33. The van der Waals surface area contributed by atoms with E-state index in [1.54, 1.807) is 6.07 Å². The van der Waals surface area contributed by atoms with Crippen molar-refractivity contribution in [2.75, 3.05) is 0 Å². The van der Waals surface area contributed by atoms with Crippen LogP contribution in [0.5, 0.6) is 0 Å². The first-order valence-corrected chi connectivity index (χ1v) is 8.34. The highest BCUT2D eigenvalue weighted by molar-refractivity contribution is 5.90. The highest BCUT2D eigenvalue weighted by Crippen LogP contribution is 2.35. The summed E-state index contributed by atoms with van der Waals surface area (Å²) >= 11 is 0. The smallest absolute Gasteiger partial charge is 0.293 e. The number of hydrogen-bond donors (Lipinski definition) is 0. The Balaban J connectivity index is 2.01. The summed E-state index contributed by atoms with van der Waals surface area (Å²) in [5.41, 5.74) is 2.62. The molecule has 22 heavy (non-hydrogen) atoms. The minimum Gasteiger partial charge on any atom is -0.293 e. The van der Waals surface area contributed by atoms with Crippen molar-refractivity contribution in [3.8, 4) is 0 Å². The maximum absolute atomic E-state index is 12.3. The van der Waals surface area contributed by atoms with Gasteiger partial charge < -0.3 is 0 Å². The Kier molecular flexibility index (Phi) is 5.63. The molecule has 1 aliphatic rings. The molecule has 0 N–H and O–H groups in total. The van der Waals surface area contributed by atoms with Crippen molar-refractivity contribution >= 4 is 5.97 Å². The Bertz CT molecular complexity index is 521. The zero-order chi connectivity index (χ0) is 16.3.